The van der Waals surface area contributed by atoms with Crippen molar-refractivity contribution in [2.24, 2.45) is 0 Å². The van der Waals surface area contributed by atoms with E-state index in [2.05, 4.69) is 67.4 Å². The van der Waals surface area contributed by atoms with Crippen LogP contribution in [0.4, 0.5) is 5.95 Å². The van der Waals surface area contributed by atoms with Crippen LogP contribution in [-0.2, 0) is 0 Å². The van der Waals surface area contributed by atoms with Gasteiger partial charge in [-0.1, -0.05) is 11.3 Å². The molecule has 1 fully saturated rings. The van der Waals surface area contributed by atoms with Gasteiger partial charge in [-0.3, -0.25) is 0 Å². The van der Waals surface area contributed by atoms with Crippen LogP contribution in [0, 0.1) is 6.92 Å². The summed E-state index contributed by atoms with van der Waals surface area (Å²) in [6.45, 7) is 4.28. The summed E-state index contributed by atoms with van der Waals surface area (Å²) in [6, 6.07) is 8.49. The lowest BCUT2D eigenvalue weighted by Crippen LogP contribution is -2.39. The first-order valence-corrected chi connectivity index (χ1v) is 12.2. The standard InChI is InChI=1S/C22H25BrN8S/c1-13-27-28-20(32-13)14-5-7-16(8-6-14)31-19-17(18(23)29-31)12-24-21(26-19)25-15-9-10-22(2,11-15)30(3)4/h5-8,12,15H,9-11H2,1-4H3,(H,24,25,26)/t15-,22-/m1/s1. The maximum absolute atomic E-state index is 4.83. The molecule has 1 saturated carbocycles. The van der Waals surface area contributed by atoms with E-state index in [0.717, 1.165) is 56.2 Å². The van der Waals surface area contributed by atoms with Gasteiger partial charge in [0.15, 0.2) is 5.65 Å². The second kappa shape index (κ2) is 8.17. The van der Waals surface area contributed by atoms with Gasteiger partial charge in [0.05, 0.1) is 11.1 Å². The number of benzene rings is 1. The molecule has 166 valence electrons. The Bertz CT molecular complexity index is 1260. The van der Waals surface area contributed by atoms with Crippen LogP contribution in [0.2, 0.25) is 0 Å². The molecule has 1 N–H and O–H groups in total. The van der Waals surface area contributed by atoms with Gasteiger partial charge in [-0.2, -0.15) is 10.1 Å². The predicted octanol–water partition coefficient (Wildman–Crippen LogP) is 4.69. The second-order valence-corrected chi connectivity index (χ2v) is 10.7. The second-order valence-electron chi connectivity index (χ2n) is 8.78. The molecule has 0 unspecified atom stereocenters. The van der Waals surface area contributed by atoms with Gasteiger partial charge in [-0.15, -0.1) is 10.2 Å². The highest BCUT2D eigenvalue weighted by Crippen LogP contribution is 2.35. The third-order valence-corrected chi connectivity index (χ3v) is 7.87. The van der Waals surface area contributed by atoms with E-state index in [1.165, 1.54) is 0 Å². The molecule has 8 nitrogen and oxygen atoms in total. The number of anilines is 1. The summed E-state index contributed by atoms with van der Waals surface area (Å²) >= 11 is 5.14. The van der Waals surface area contributed by atoms with Crippen molar-refractivity contribution in [2.45, 2.75) is 44.7 Å². The lowest BCUT2D eigenvalue weighted by atomic mass is 9.99. The lowest BCUT2D eigenvalue weighted by Gasteiger charge is -2.32. The van der Waals surface area contributed by atoms with E-state index in [9.17, 15) is 0 Å². The first kappa shape index (κ1) is 21.4. The number of fused-ring (bicyclic) bond motifs is 1. The van der Waals surface area contributed by atoms with Crippen molar-refractivity contribution in [2.75, 3.05) is 19.4 Å². The van der Waals surface area contributed by atoms with Crippen molar-refractivity contribution in [3.05, 3.63) is 40.1 Å². The number of aromatic nitrogens is 6. The minimum atomic E-state index is 0.208. The molecule has 0 aliphatic heterocycles. The molecule has 1 aromatic carbocycles. The third-order valence-electron chi connectivity index (χ3n) is 6.39. The van der Waals surface area contributed by atoms with E-state index < -0.39 is 0 Å². The van der Waals surface area contributed by atoms with Gasteiger partial charge in [0, 0.05) is 23.3 Å². The first-order valence-electron chi connectivity index (χ1n) is 10.6. The summed E-state index contributed by atoms with van der Waals surface area (Å²) in [5, 5.41) is 19.3. The number of nitrogens with one attached hydrogen (secondary N) is 1. The molecule has 0 spiro atoms. The fourth-order valence-electron chi connectivity index (χ4n) is 4.21. The third kappa shape index (κ3) is 3.91. The normalized spacial score (nSPS) is 21.0. The van der Waals surface area contributed by atoms with Crippen LogP contribution in [-0.4, -0.2) is 60.5 Å². The molecule has 1 aliphatic carbocycles. The minimum absolute atomic E-state index is 0.208. The van der Waals surface area contributed by atoms with Crippen LogP contribution in [0.3, 0.4) is 0 Å². The fraction of sp³-hybridized carbons (Fsp3) is 0.409. The van der Waals surface area contributed by atoms with Gasteiger partial charge in [0.1, 0.15) is 14.6 Å². The van der Waals surface area contributed by atoms with E-state index in [4.69, 9.17) is 4.98 Å². The van der Waals surface area contributed by atoms with E-state index in [1.807, 2.05) is 42.1 Å². The number of rotatable bonds is 5. The Hall–Kier alpha value is -2.43. The highest BCUT2D eigenvalue weighted by atomic mass is 79.9. The Labute approximate surface area is 199 Å². The van der Waals surface area contributed by atoms with Crippen molar-refractivity contribution < 1.29 is 0 Å². The van der Waals surface area contributed by atoms with Crippen LogP contribution in [0.15, 0.2) is 35.1 Å². The van der Waals surface area contributed by atoms with Gasteiger partial charge in [0.2, 0.25) is 5.95 Å². The van der Waals surface area contributed by atoms with Crippen LogP contribution < -0.4 is 5.32 Å². The summed E-state index contributed by atoms with van der Waals surface area (Å²) < 4.78 is 2.57. The van der Waals surface area contributed by atoms with Gasteiger partial charge in [-0.05, 0) is 87.4 Å². The van der Waals surface area contributed by atoms with Gasteiger partial charge < -0.3 is 10.2 Å². The number of halogens is 1. The number of nitrogens with zero attached hydrogens (tertiary/aromatic N) is 7. The quantitative estimate of drug-likeness (QED) is 0.415. The molecule has 3 heterocycles. The zero-order valence-electron chi connectivity index (χ0n) is 18.5. The number of hydrogen-bond donors (Lipinski definition) is 1. The number of aryl methyl sites for hydroxylation is 1. The maximum atomic E-state index is 4.83. The van der Waals surface area contributed by atoms with E-state index >= 15 is 0 Å². The summed E-state index contributed by atoms with van der Waals surface area (Å²) in [4.78, 5) is 11.7. The van der Waals surface area contributed by atoms with Gasteiger partial charge in [-0.25, -0.2) is 9.67 Å². The maximum Gasteiger partial charge on any atom is 0.224 e. The van der Waals surface area contributed by atoms with Crippen LogP contribution in [0.25, 0.3) is 27.3 Å². The molecule has 0 radical (unpaired) electrons. The molecule has 4 aromatic rings. The highest BCUT2D eigenvalue weighted by molar-refractivity contribution is 9.10. The van der Waals surface area contributed by atoms with E-state index in [-0.39, 0.29) is 5.54 Å². The Balaban J connectivity index is 1.43. The van der Waals surface area contributed by atoms with Crippen molar-refractivity contribution in [3.63, 3.8) is 0 Å². The average Bonchev–Trinajstić information content (AvgIpc) is 3.46. The highest BCUT2D eigenvalue weighted by Gasteiger charge is 2.37. The molecular formula is C22H25BrN8S. The molecule has 0 bridgehead atoms. The topological polar surface area (TPSA) is 84.6 Å². The van der Waals surface area contributed by atoms with E-state index in [0.29, 0.717) is 12.0 Å². The first-order chi connectivity index (χ1) is 15.3. The summed E-state index contributed by atoms with van der Waals surface area (Å²) in [7, 11) is 4.30. The van der Waals surface area contributed by atoms with Gasteiger partial charge >= 0.3 is 0 Å². The van der Waals surface area contributed by atoms with Crippen LogP contribution in [0.1, 0.15) is 31.2 Å². The van der Waals surface area contributed by atoms with Gasteiger partial charge in [0.25, 0.3) is 0 Å². The van der Waals surface area contributed by atoms with Crippen LogP contribution >= 0.6 is 27.3 Å². The number of hydrogen-bond acceptors (Lipinski definition) is 8. The molecule has 2 atom stereocenters. The molecule has 0 amide bonds. The Morgan fingerprint density at radius 3 is 2.66 bits per heavy atom. The van der Waals surface area contributed by atoms with Crippen LogP contribution in [0.5, 0.6) is 0 Å². The molecule has 0 saturated heterocycles. The summed E-state index contributed by atoms with van der Waals surface area (Å²) in [6.07, 6.45) is 5.16. The fourth-order valence-corrected chi connectivity index (χ4v) is 5.34. The summed E-state index contributed by atoms with van der Waals surface area (Å²) in [5.41, 5.74) is 2.94. The largest absolute Gasteiger partial charge is 0.351 e. The van der Waals surface area contributed by atoms with Crippen molar-refractivity contribution in [1.82, 2.24) is 34.8 Å². The van der Waals surface area contributed by atoms with Crippen molar-refractivity contribution >= 4 is 44.2 Å². The Morgan fingerprint density at radius 1 is 1.22 bits per heavy atom. The predicted molar refractivity (Wildman–Crippen MR) is 131 cm³/mol. The molecule has 32 heavy (non-hydrogen) atoms. The molecule has 5 rings (SSSR count). The molecule has 3 aromatic heterocycles. The average molecular weight is 513 g/mol. The Morgan fingerprint density at radius 2 is 2.00 bits per heavy atom. The molecule has 10 heteroatoms. The zero-order chi connectivity index (χ0) is 22.5. The molecule has 1 aliphatic rings. The zero-order valence-corrected chi connectivity index (χ0v) is 20.9. The lowest BCUT2D eigenvalue weighted by molar-refractivity contribution is 0.179. The van der Waals surface area contributed by atoms with Crippen molar-refractivity contribution in [3.8, 4) is 16.3 Å². The monoisotopic (exact) mass is 512 g/mol. The SMILES string of the molecule is Cc1nnc(-c2ccc(-n3nc(Br)c4cnc(N[C@@H]5CC[C@@](C)(N(C)C)C5)nc43)cc2)s1. The minimum Gasteiger partial charge on any atom is -0.351 e. The smallest absolute Gasteiger partial charge is 0.224 e. The van der Waals surface area contributed by atoms with E-state index in [1.54, 1.807) is 11.3 Å². The summed E-state index contributed by atoms with van der Waals surface area (Å²) in [5.74, 6) is 0.639. The Kier molecular flexibility index (Phi) is 5.47. The molecular weight excluding hydrogens is 488 g/mol. The van der Waals surface area contributed by atoms with Crippen molar-refractivity contribution in [1.29, 1.82) is 0 Å².